The molecule has 1 aliphatic rings. The van der Waals surface area contributed by atoms with Gasteiger partial charge in [-0.3, -0.25) is 9.80 Å². The van der Waals surface area contributed by atoms with E-state index in [2.05, 4.69) is 46.3 Å². The standard InChI is InChI=1S/C16H30N4O/c1-4-19-7-6-17-16(19)13-18-8-9-20(11-14(2)3)15(12-18)5-10-21/h6-7,14-15,21H,4-5,8-13H2,1-3H3/t15-/m0/s1. The molecule has 0 aliphatic carbocycles. The zero-order chi connectivity index (χ0) is 15.2. The number of rotatable bonds is 7. The smallest absolute Gasteiger partial charge is 0.122 e. The van der Waals surface area contributed by atoms with Crippen LogP contribution in [-0.2, 0) is 13.1 Å². The highest BCUT2D eigenvalue weighted by Crippen LogP contribution is 2.16. The van der Waals surface area contributed by atoms with Crippen molar-refractivity contribution < 1.29 is 5.11 Å². The van der Waals surface area contributed by atoms with Crippen molar-refractivity contribution in [1.29, 1.82) is 0 Å². The summed E-state index contributed by atoms with van der Waals surface area (Å²) in [5, 5.41) is 9.33. The van der Waals surface area contributed by atoms with E-state index >= 15 is 0 Å². The molecular formula is C16H30N4O. The second kappa shape index (κ2) is 7.92. The molecule has 1 aliphatic heterocycles. The van der Waals surface area contributed by atoms with Gasteiger partial charge in [-0.05, 0) is 19.3 Å². The summed E-state index contributed by atoms with van der Waals surface area (Å²) in [6.45, 7) is 13.2. The lowest BCUT2D eigenvalue weighted by Crippen LogP contribution is -2.54. The van der Waals surface area contributed by atoms with Gasteiger partial charge in [0, 0.05) is 57.8 Å². The average molecular weight is 294 g/mol. The Bertz CT molecular complexity index is 418. The molecule has 120 valence electrons. The third kappa shape index (κ3) is 4.53. The van der Waals surface area contributed by atoms with Gasteiger partial charge in [-0.15, -0.1) is 0 Å². The predicted molar refractivity (Wildman–Crippen MR) is 85.1 cm³/mol. The minimum absolute atomic E-state index is 0.274. The van der Waals surface area contributed by atoms with E-state index in [1.165, 1.54) is 0 Å². The van der Waals surface area contributed by atoms with Gasteiger partial charge in [0.1, 0.15) is 5.82 Å². The van der Waals surface area contributed by atoms with Crippen LogP contribution in [0, 0.1) is 5.92 Å². The van der Waals surface area contributed by atoms with Crippen LogP contribution in [0.4, 0.5) is 0 Å². The van der Waals surface area contributed by atoms with Gasteiger partial charge in [0.15, 0.2) is 0 Å². The van der Waals surface area contributed by atoms with E-state index in [4.69, 9.17) is 0 Å². The van der Waals surface area contributed by atoms with Crippen LogP contribution in [0.1, 0.15) is 33.0 Å². The van der Waals surface area contributed by atoms with Crippen molar-refractivity contribution in [3.05, 3.63) is 18.2 Å². The van der Waals surface area contributed by atoms with Crippen molar-refractivity contribution >= 4 is 0 Å². The Morgan fingerprint density at radius 1 is 1.38 bits per heavy atom. The van der Waals surface area contributed by atoms with Gasteiger partial charge in [-0.2, -0.15) is 0 Å². The molecule has 0 unspecified atom stereocenters. The predicted octanol–water partition coefficient (Wildman–Crippen LogP) is 1.43. The Balaban J connectivity index is 1.95. The van der Waals surface area contributed by atoms with Crippen LogP contribution in [0.25, 0.3) is 0 Å². The van der Waals surface area contributed by atoms with Crippen LogP contribution in [0.15, 0.2) is 12.4 Å². The molecule has 1 fully saturated rings. The minimum Gasteiger partial charge on any atom is -0.396 e. The summed E-state index contributed by atoms with van der Waals surface area (Å²) in [6.07, 6.45) is 4.81. The highest BCUT2D eigenvalue weighted by atomic mass is 16.3. The molecule has 1 saturated heterocycles. The Labute approximate surface area is 128 Å². The van der Waals surface area contributed by atoms with Crippen molar-refractivity contribution in [1.82, 2.24) is 19.4 Å². The Hall–Kier alpha value is -0.910. The third-order valence-corrected chi connectivity index (χ3v) is 4.26. The largest absolute Gasteiger partial charge is 0.396 e. The molecule has 0 bridgehead atoms. The average Bonchev–Trinajstić information content (AvgIpc) is 2.89. The molecule has 0 amide bonds. The van der Waals surface area contributed by atoms with Gasteiger partial charge in [0.2, 0.25) is 0 Å². The number of imidazole rings is 1. The highest BCUT2D eigenvalue weighted by molar-refractivity contribution is 4.94. The maximum atomic E-state index is 9.33. The molecule has 21 heavy (non-hydrogen) atoms. The second-order valence-electron chi connectivity index (χ2n) is 6.42. The highest BCUT2D eigenvalue weighted by Gasteiger charge is 2.27. The fourth-order valence-corrected chi connectivity index (χ4v) is 3.21. The molecule has 0 radical (unpaired) electrons. The maximum absolute atomic E-state index is 9.33. The van der Waals surface area contributed by atoms with Crippen LogP contribution >= 0.6 is 0 Å². The summed E-state index contributed by atoms with van der Waals surface area (Å²) in [7, 11) is 0. The van der Waals surface area contributed by atoms with Crippen molar-refractivity contribution in [3.8, 4) is 0 Å². The van der Waals surface area contributed by atoms with Gasteiger partial charge >= 0.3 is 0 Å². The van der Waals surface area contributed by atoms with E-state index in [0.717, 1.165) is 51.5 Å². The number of aliphatic hydroxyl groups excluding tert-OH is 1. The van der Waals surface area contributed by atoms with Crippen molar-refractivity contribution in [2.75, 3.05) is 32.8 Å². The summed E-state index contributed by atoms with van der Waals surface area (Å²) < 4.78 is 2.21. The van der Waals surface area contributed by atoms with Crippen LogP contribution in [0.5, 0.6) is 0 Å². The van der Waals surface area contributed by atoms with Crippen molar-refractivity contribution in [3.63, 3.8) is 0 Å². The molecule has 1 aromatic heterocycles. The summed E-state index contributed by atoms with van der Waals surface area (Å²) in [5.74, 6) is 1.83. The molecule has 2 heterocycles. The molecule has 5 heteroatoms. The number of nitrogens with zero attached hydrogens (tertiary/aromatic N) is 4. The Kier molecular flexibility index (Phi) is 6.21. The van der Waals surface area contributed by atoms with Crippen LogP contribution in [-0.4, -0.2) is 63.3 Å². The number of piperazine rings is 1. The Morgan fingerprint density at radius 3 is 2.86 bits per heavy atom. The van der Waals surface area contributed by atoms with Crippen LogP contribution in [0.3, 0.4) is 0 Å². The second-order valence-corrected chi connectivity index (χ2v) is 6.42. The zero-order valence-electron chi connectivity index (χ0n) is 13.7. The number of hydrogen-bond acceptors (Lipinski definition) is 4. The molecule has 2 rings (SSSR count). The molecule has 0 saturated carbocycles. The van der Waals surface area contributed by atoms with Crippen molar-refractivity contribution in [2.24, 2.45) is 5.92 Å². The van der Waals surface area contributed by atoms with E-state index in [1.54, 1.807) is 0 Å². The SMILES string of the molecule is CCn1ccnc1CN1CCN(CC(C)C)[C@@H](CCO)C1. The number of hydrogen-bond donors (Lipinski definition) is 1. The first-order valence-electron chi connectivity index (χ1n) is 8.21. The minimum atomic E-state index is 0.274. The Morgan fingerprint density at radius 2 is 2.19 bits per heavy atom. The van der Waals surface area contributed by atoms with E-state index in [-0.39, 0.29) is 6.61 Å². The molecule has 1 aromatic rings. The molecule has 0 spiro atoms. The lowest BCUT2D eigenvalue weighted by Gasteiger charge is -2.42. The topological polar surface area (TPSA) is 44.5 Å². The first-order valence-corrected chi connectivity index (χ1v) is 8.21. The summed E-state index contributed by atoms with van der Waals surface area (Å²) >= 11 is 0. The number of aliphatic hydroxyl groups is 1. The van der Waals surface area contributed by atoms with E-state index in [1.807, 2.05) is 6.20 Å². The zero-order valence-corrected chi connectivity index (χ0v) is 13.7. The number of aryl methyl sites for hydroxylation is 1. The van der Waals surface area contributed by atoms with E-state index < -0.39 is 0 Å². The molecule has 1 atom stereocenters. The van der Waals surface area contributed by atoms with Gasteiger partial charge in [0.05, 0.1) is 6.54 Å². The maximum Gasteiger partial charge on any atom is 0.122 e. The lowest BCUT2D eigenvalue weighted by molar-refractivity contribution is 0.0460. The summed E-state index contributed by atoms with van der Waals surface area (Å²) in [4.78, 5) is 9.50. The molecule has 0 aromatic carbocycles. The first kappa shape index (κ1) is 16.5. The third-order valence-electron chi connectivity index (χ3n) is 4.26. The van der Waals surface area contributed by atoms with Gasteiger partial charge in [-0.25, -0.2) is 4.98 Å². The van der Waals surface area contributed by atoms with Crippen molar-refractivity contribution in [2.45, 2.75) is 46.3 Å². The fraction of sp³-hybridized carbons (Fsp3) is 0.812. The van der Waals surface area contributed by atoms with Gasteiger partial charge < -0.3 is 9.67 Å². The molecule has 5 nitrogen and oxygen atoms in total. The fourth-order valence-electron chi connectivity index (χ4n) is 3.21. The van der Waals surface area contributed by atoms with E-state index in [9.17, 15) is 5.11 Å². The van der Waals surface area contributed by atoms with Gasteiger partial charge in [-0.1, -0.05) is 13.8 Å². The normalized spacial score (nSPS) is 21.3. The first-order chi connectivity index (χ1) is 10.1. The van der Waals surface area contributed by atoms with Gasteiger partial charge in [0.25, 0.3) is 0 Å². The number of aromatic nitrogens is 2. The molecular weight excluding hydrogens is 264 g/mol. The monoisotopic (exact) mass is 294 g/mol. The molecule has 1 N–H and O–H groups in total. The van der Waals surface area contributed by atoms with Crippen LogP contribution in [0.2, 0.25) is 0 Å². The summed E-state index contributed by atoms with van der Waals surface area (Å²) in [5.41, 5.74) is 0. The lowest BCUT2D eigenvalue weighted by atomic mass is 10.1. The summed E-state index contributed by atoms with van der Waals surface area (Å²) in [6, 6.07) is 0.469. The quantitative estimate of drug-likeness (QED) is 0.826. The van der Waals surface area contributed by atoms with E-state index in [0.29, 0.717) is 12.0 Å². The van der Waals surface area contributed by atoms with Crippen LogP contribution < -0.4 is 0 Å².